The quantitative estimate of drug-likeness (QED) is 0.857. The normalized spacial score (nSPS) is 21.3. The van der Waals surface area contributed by atoms with Crippen LogP contribution in [0.15, 0.2) is 35.2 Å². The zero-order valence-electron chi connectivity index (χ0n) is 14.3. The highest BCUT2D eigenvalue weighted by Gasteiger charge is 2.31. The molecule has 1 aliphatic rings. The summed E-state index contributed by atoms with van der Waals surface area (Å²) >= 11 is 0. The zero-order valence-corrected chi connectivity index (χ0v) is 15.1. The van der Waals surface area contributed by atoms with Gasteiger partial charge in [0.15, 0.2) is 0 Å². The molecule has 6 nitrogen and oxygen atoms in total. The highest BCUT2D eigenvalue weighted by molar-refractivity contribution is 7.89. The minimum absolute atomic E-state index is 0.0449. The molecule has 0 amide bonds. The molecule has 1 saturated carbocycles. The maximum atomic E-state index is 13.2. The second-order valence-electron chi connectivity index (χ2n) is 6.41. The van der Waals surface area contributed by atoms with E-state index < -0.39 is 16.4 Å². The van der Waals surface area contributed by atoms with Gasteiger partial charge in [-0.1, -0.05) is 12.8 Å². The van der Waals surface area contributed by atoms with Crippen LogP contribution in [0.5, 0.6) is 0 Å². The number of hydrogen-bond acceptors (Lipinski definition) is 4. The number of primary sulfonamides is 1. The predicted octanol–water partition coefficient (Wildman–Crippen LogP) is 3.13. The number of aromatic nitrogens is 2. The van der Waals surface area contributed by atoms with E-state index in [1.54, 1.807) is 7.11 Å². The van der Waals surface area contributed by atoms with E-state index in [0.29, 0.717) is 11.4 Å². The molecule has 2 atom stereocenters. The number of rotatable bonds is 5. The number of alkyl halides is 2. The maximum Gasteiger partial charge on any atom is 0.282 e. The molecule has 0 saturated heterocycles. The van der Waals surface area contributed by atoms with Crippen molar-refractivity contribution >= 4 is 10.0 Å². The smallest absolute Gasteiger partial charge is 0.282 e. The van der Waals surface area contributed by atoms with Gasteiger partial charge in [0.2, 0.25) is 10.0 Å². The van der Waals surface area contributed by atoms with E-state index in [9.17, 15) is 17.2 Å². The lowest BCUT2D eigenvalue weighted by Gasteiger charge is -2.30. The first kappa shape index (κ1) is 18.9. The number of nitrogens with two attached hydrogens (primary N) is 1. The summed E-state index contributed by atoms with van der Waals surface area (Å²) in [7, 11) is -2.20. The van der Waals surface area contributed by atoms with Gasteiger partial charge in [-0.05, 0) is 43.2 Å². The van der Waals surface area contributed by atoms with Crippen LogP contribution in [0.3, 0.4) is 0 Å². The van der Waals surface area contributed by atoms with E-state index in [2.05, 4.69) is 5.10 Å². The Balaban J connectivity index is 2.05. The van der Waals surface area contributed by atoms with E-state index in [-0.39, 0.29) is 22.6 Å². The third-order valence-electron chi connectivity index (χ3n) is 4.77. The lowest BCUT2D eigenvalue weighted by Crippen LogP contribution is -2.26. The van der Waals surface area contributed by atoms with Gasteiger partial charge in [0, 0.05) is 13.0 Å². The molecule has 26 heavy (non-hydrogen) atoms. The Kier molecular flexibility index (Phi) is 5.40. The van der Waals surface area contributed by atoms with Crippen molar-refractivity contribution in [1.29, 1.82) is 0 Å². The van der Waals surface area contributed by atoms with E-state index >= 15 is 0 Å². The summed E-state index contributed by atoms with van der Waals surface area (Å²) in [6.07, 6.45) is 0.956. The number of hydrogen-bond donors (Lipinski definition) is 1. The van der Waals surface area contributed by atoms with Gasteiger partial charge in [-0.25, -0.2) is 27.0 Å². The Morgan fingerprint density at radius 1 is 1.23 bits per heavy atom. The molecule has 1 aromatic carbocycles. The second kappa shape index (κ2) is 7.42. The van der Waals surface area contributed by atoms with Crippen LogP contribution >= 0.6 is 0 Å². The van der Waals surface area contributed by atoms with Crippen LogP contribution < -0.4 is 5.14 Å². The summed E-state index contributed by atoms with van der Waals surface area (Å²) in [6.45, 7) is 0. The minimum atomic E-state index is -3.82. The predicted molar refractivity (Wildman–Crippen MR) is 91.9 cm³/mol. The van der Waals surface area contributed by atoms with Gasteiger partial charge in [0.05, 0.1) is 22.4 Å². The molecule has 1 aliphatic carbocycles. The molecule has 2 aromatic rings. The Morgan fingerprint density at radius 2 is 1.88 bits per heavy atom. The molecule has 3 rings (SSSR count). The zero-order chi connectivity index (χ0) is 18.9. The number of benzene rings is 1. The van der Waals surface area contributed by atoms with Crippen molar-refractivity contribution < 1.29 is 21.9 Å². The standard InChI is InChI=1S/C17H21F2N3O3S/c1-25-16-5-3-2-4-13(16)15-10-14(17(18)19)21-22(15)11-6-8-12(9-7-11)26(20,23)24/h6-10,13,16-17H,2-5H2,1H3,(H2,20,23,24). The number of nitrogens with zero attached hydrogens (tertiary/aromatic N) is 2. The van der Waals surface area contributed by atoms with Gasteiger partial charge in [0.1, 0.15) is 5.69 Å². The van der Waals surface area contributed by atoms with Crippen LogP contribution in [0.2, 0.25) is 0 Å². The summed E-state index contributed by atoms with van der Waals surface area (Å²) in [4.78, 5) is -0.0449. The molecule has 0 radical (unpaired) electrons. The Bertz CT molecular complexity index is 866. The van der Waals surface area contributed by atoms with Crippen molar-refractivity contribution in [3.05, 3.63) is 41.7 Å². The van der Waals surface area contributed by atoms with Crippen LogP contribution in [0.4, 0.5) is 8.78 Å². The SMILES string of the molecule is COC1CCCCC1c1cc(C(F)F)nn1-c1ccc(S(N)(=O)=O)cc1. The number of ether oxygens (including phenoxy) is 1. The van der Waals surface area contributed by atoms with Crippen molar-refractivity contribution in [2.45, 2.75) is 49.0 Å². The Morgan fingerprint density at radius 3 is 2.46 bits per heavy atom. The first-order valence-electron chi connectivity index (χ1n) is 8.35. The lowest BCUT2D eigenvalue weighted by atomic mass is 9.84. The van der Waals surface area contributed by atoms with Crippen LogP contribution in [-0.2, 0) is 14.8 Å². The van der Waals surface area contributed by atoms with Crippen molar-refractivity contribution in [2.75, 3.05) is 7.11 Å². The van der Waals surface area contributed by atoms with Gasteiger partial charge in [-0.3, -0.25) is 0 Å². The van der Waals surface area contributed by atoms with Crippen LogP contribution in [0.25, 0.3) is 5.69 Å². The summed E-state index contributed by atoms with van der Waals surface area (Å²) in [5.41, 5.74) is 0.839. The molecule has 0 aliphatic heterocycles. The largest absolute Gasteiger partial charge is 0.381 e. The summed E-state index contributed by atoms with van der Waals surface area (Å²) in [5, 5.41) is 9.15. The summed E-state index contributed by atoms with van der Waals surface area (Å²) < 4.78 is 56.3. The average molecular weight is 385 g/mol. The molecular weight excluding hydrogens is 364 g/mol. The Hall–Kier alpha value is -1.84. The summed E-state index contributed by atoms with van der Waals surface area (Å²) in [6, 6.07) is 7.12. The van der Waals surface area contributed by atoms with Gasteiger partial charge < -0.3 is 4.74 Å². The van der Waals surface area contributed by atoms with Crippen molar-refractivity contribution in [2.24, 2.45) is 5.14 Å². The van der Waals surface area contributed by atoms with Gasteiger partial charge in [0.25, 0.3) is 6.43 Å². The first-order valence-corrected chi connectivity index (χ1v) is 9.90. The van der Waals surface area contributed by atoms with Crippen molar-refractivity contribution in [3.63, 3.8) is 0 Å². The van der Waals surface area contributed by atoms with Crippen molar-refractivity contribution in [1.82, 2.24) is 9.78 Å². The first-order chi connectivity index (χ1) is 12.3. The molecular formula is C17H21F2N3O3S. The number of halogens is 2. The van der Waals surface area contributed by atoms with Gasteiger partial charge in [-0.2, -0.15) is 5.10 Å². The van der Waals surface area contributed by atoms with Crippen molar-refractivity contribution in [3.8, 4) is 5.69 Å². The number of sulfonamides is 1. The fourth-order valence-corrected chi connectivity index (χ4v) is 4.00. The highest BCUT2D eigenvalue weighted by Crippen LogP contribution is 2.37. The maximum absolute atomic E-state index is 13.2. The topological polar surface area (TPSA) is 87.2 Å². The average Bonchev–Trinajstić information content (AvgIpc) is 3.06. The van der Waals surface area contributed by atoms with Crippen LogP contribution in [-0.4, -0.2) is 31.4 Å². The molecule has 1 fully saturated rings. The molecule has 2 N–H and O–H groups in total. The lowest BCUT2D eigenvalue weighted by molar-refractivity contribution is 0.0504. The van der Waals surface area contributed by atoms with E-state index in [0.717, 1.165) is 25.7 Å². The molecule has 0 spiro atoms. The fourth-order valence-electron chi connectivity index (χ4n) is 3.49. The molecule has 1 aromatic heterocycles. The number of methoxy groups -OCH3 is 1. The Labute approximate surface area is 151 Å². The van der Waals surface area contributed by atoms with E-state index in [4.69, 9.17) is 9.88 Å². The molecule has 142 valence electrons. The van der Waals surface area contributed by atoms with E-state index in [1.165, 1.54) is 35.0 Å². The monoisotopic (exact) mass is 385 g/mol. The van der Waals surface area contributed by atoms with E-state index in [1.807, 2.05) is 0 Å². The van der Waals surface area contributed by atoms with Gasteiger partial charge in [-0.15, -0.1) is 0 Å². The second-order valence-corrected chi connectivity index (χ2v) is 7.97. The van der Waals surface area contributed by atoms with Crippen LogP contribution in [0, 0.1) is 0 Å². The highest BCUT2D eigenvalue weighted by atomic mass is 32.2. The van der Waals surface area contributed by atoms with Crippen LogP contribution in [0.1, 0.15) is 49.4 Å². The fraction of sp³-hybridized carbons (Fsp3) is 0.471. The molecule has 0 bridgehead atoms. The van der Waals surface area contributed by atoms with Gasteiger partial charge >= 0.3 is 0 Å². The molecule has 1 heterocycles. The molecule has 2 unspecified atom stereocenters. The summed E-state index contributed by atoms with van der Waals surface area (Å²) in [5.74, 6) is -0.0494. The minimum Gasteiger partial charge on any atom is -0.381 e. The third kappa shape index (κ3) is 3.79. The third-order valence-corrected chi connectivity index (χ3v) is 5.70. The molecule has 9 heteroatoms.